The fraction of sp³-hybridized carbons (Fsp3) is 0.481. The molecule has 2 aliphatic rings. The second-order valence-electron chi connectivity index (χ2n) is 9.31. The minimum Gasteiger partial charge on any atom is -0.378 e. The van der Waals surface area contributed by atoms with E-state index in [2.05, 4.69) is 44.8 Å². The van der Waals surface area contributed by atoms with Crippen LogP contribution in [0.25, 0.3) is 10.9 Å². The molecule has 0 saturated carbocycles. The number of rotatable bonds is 6. The molecule has 0 spiro atoms. The summed E-state index contributed by atoms with van der Waals surface area (Å²) in [5.74, 6) is -0.163. The van der Waals surface area contributed by atoms with Crippen molar-refractivity contribution in [2.24, 2.45) is 0 Å². The molecule has 176 valence electrons. The lowest BCUT2D eigenvalue weighted by Gasteiger charge is -2.33. The maximum atomic E-state index is 13.7. The number of aromatic nitrogens is 1. The van der Waals surface area contributed by atoms with Gasteiger partial charge in [0.15, 0.2) is 0 Å². The van der Waals surface area contributed by atoms with Crippen molar-refractivity contribution in [3.63, 3.8) is 0 Å². The van der Waals surface area contributed by atoms with Gasteiger partial charge in [0.05, 0.1) is 13.2 Å². The molecule has 0 bridgehead atoms. The second kappa shape index (κ2) is 10.1. The Bertz CT molecular complexity index is 1080. The average molecular weight is 451 g/mol. The number of aryl methyl sites for hydroxylation is 1. The van der Waals surface area contributed by atoms with Gasteiger partial charge in [-0.25, -0.2) is 4.39 Å². The Hall–Kier alpha value is -2.57. The zero-order valence-corrected chi connectivity index (χ0v) is 19.7. The predicted molar refractivity (Wildman–Crippen MR) is 134 cm³/mol. The van der Waals surface area contributed by atoms with Gasteiger partial charge in [0.2, 0.25) is 0 Å². The van der Waals surface area contributed by atoms with Crippen LogP contribution in [0, 0.1) is 12.7 Å². The van der Waals surface area contributed by atoms with E-state index in [1.165, 1.54) is 35.0 Å². The van der Waals surface area contributed by atoms with Crippen molar-refractivity contribution in [1.82, 2.24) is 9.88 Å². The second-order valence-corrected chi connectivity index (χ2v) is 9.31. The van der Waals surface area contributed by atoms with Crippen molar-refractivity contribution < 1.29 is 9.13 Å². The smallest absolute Gasteiger partial charge is 0.123 e. The van der Waals surface area contributed by atoms with Crippen LogP contribution in [0.15, 0.2) is 42.6 Å². The van der Waals surface area contributed by atoms with E-state index in [-0.39, 0.29) is 5.82 Å². The molecule has 3 heterocycles. The molecule has 2 aliphatic heterocycles. The Labute approximate surface area is 196 Å². The highest BCUT2D eigenvalue weighted by Gasteiger charge is 2.20. The van der Waals surface area contributed by atoms with Crippen LogP contribution < -0.4 is 9.80 Å². The zero-order chi connectivity index (χ0) is 22.6. The Morgan fingerprint density at radius 1 is 0.939 bits per heavy atom. The van der Waals surface area contributed by atoms with E-state index in [1.54, 1.807) is 6.07 Å². The molecule has 0 aliphatic carbocycles. The fourth-order valence-electron chi connectivity index (χ4n) is 5.39. The van der Waals surface area contributed by atoms with Crippen molar-refractivity contribution in [2.45, 2.75) is 26.2 Å². The molecular formula is C27H35FN4O. The SMILES string of the molecule is Cc1c(N2CCOCC2)cccc1N1CCCN(CCCc2c[nH]c3ccc(F)cc23)CC1. The van der Waals surface area contributed by atoms with Gasteiger partial charge in [-0.2, -0.15) is 0 Å². The number of hydrogen-bond acceptors (Lipinski definition) is 4. The molecule has 1 aromatic heterocycles. The molecule has 3 aromatic rings. The Morgan fingerprint density at radius 3 is 2.55 bits per heavy atom. The van der Waals surface area contributed by atoms with Crippen LogP contribution >= 0.6 is 0 Å². The van der Waals surface area contributed by atoms with Crippen molar-refractivity contribution in [2.75, 3.05) is 68.8 Å². The zero-order valence-electron chi connectivity index (χ0n) is 19.7. The maximum absolute atomic E-state index is 13.7. The summed E-state index contributed by atoms with van der Waals surface area (Å²) in [4.78, 5) is 10.9. The quantitative estimate of drug-likeness (QED) is 0.595. The summed E-state index contributed by atoms with van der Waals surface area (Å²) in [6.45, 7) is 11.3. The molecule has 5 rings (SSSR count). The van der Waals surface area contributed by atoms with Crippen LogP contribution in [0.5, 0.6) is 0 Å². The number of aromatic amines is 1. The third-order valence-corrected chi connectivity index (χ3v) is 7.21. The van der Waals surface area contributed by atoms with Crippen molar-refractivity contribution in [1.29, 1.82) is 0 Å². The van der Waals surface area contributed by atoms with E-state index < -0.39 is 0 Å². The highest BCUT2D eigenvalue weighted by molar-refractivity contribution is 5.83. The van der Waals surface area contributed by atoms with E-state index in [0.717, 1.165) is 82.8 Å². The molecule has 0 unspecified atom stereocenters. The molecule has 0 atom stereocenters. The average Bonchev–Trinajstić information content (AvgIpc) is 3.08. The number of halogens is 1. The van der Waals surface area contributed by atoms with Gasteiger partial charge < -0.3 is 24.4 Å². The van der Waals surface area contributed by atoms with Gasteiger partial charge in [0.25, 0.3) is 0 Å². The van der Waals surface area contributed by atoms with E-state index in [9.17, 15) is 4.39 Å². The lowest BCUT2D eigenvalue weighted by molar-refractivity contribution is 0.122. The van der Waals surface area contributed by atoms with E-state index >= 15 is 0 Å². The number of H-pyrrole nitrogens is 1. The summed E-state index contributed by atoms with van der Waals surface area (Å²) in [5.41, 5.74) is 6.36. The summed E-state index contributed by atoms with van der Waals surface area (Å²) in [6, 6.07) is 11.7. The van der Waals surface area contributed by atoms with Crippen LogP contribution in [-0.2, 0) is 11.2 Å². The Kier molecular flexibility index (Phi) is 6.83. The number of nitrogens with zero attached hydrogens (tertiary/aromatic N) is 3. The van der Waals surface area contributed by atoms with Crippen molar-refractivity contribution >= 4 is 22.3 Å². The van der Waals surface area contributed by atoms with Gasteiger partial charge in [0.1, 0.15) is 5.82 Å². The number of ether oxygens (including phenoxy) is 1. The largest absolute Gasteiger partial charge is 0.378 e. The molecular weight excluding hydrogens is 415 g/mol. The minimum atomic E-state index is -0.163. The summed E-state index contributed by atoms with van der Waals surface area (Å²) >= 11 is 0. The topological polar surface area (TPSA) is 34.7 Å². The summed E-state index contributed by atoms with van der Waals surface area (Å²) in [5, 5.41) is 1.02. The third-order valence-electron chi connectivity index (χ3n) is 7.21. The van der Waals surface area contributed by atoms with Gasteiger partial charge >= 0.3 is 0 Å². The van der Waals surface area contributed by atoms with E-state index in [1.807, 2.05) is 12.3 Å². The minimum absolute atomic E-state index is 0.163. The molecule has 1 N–H and O–H groups in total. The van der Waals surface area contributed by atoms with Crippen molar-refractivity contribution in [3.8, 4) is 0 Å². The van der Waals surface area contributed by atoms with Gasteiger partial charge in [-0.15, -0.1) is 0 Å². The normalized spacial score (nSPS) is 18.1. The van der Waals surface area contributed by atoms with Gasteiger partial charge in [0, 0.05) is 61.2 Å². The first-order valence-corrected chi connectivity index (χ1v) is 12.3. The Morgan fingerprint density at radius 2 is 1.73 bits per heavy atom. The fourth-order valence-corrected chi connectivity index (χ4v) is 5.39. The lowest BCUT2D eigenvalue weighted by Crippen LogP contribution is -2.37. The third kappa shape index (κ3) is 5.02. The summed E-state index contributed by atoms with van der Waals surface area (Å²) in [6.07, 6.45) is 5.29. The molecule has 2 aromatic carbocycles. The maximum Gasteiger partial charge on any atom is 0.123 e. The molecule has 2 saturated heterocycles. The number of nitrogens with one attached hydrogen (secondary N) is 1. The number of anilines is 2. The monoisotopic (exact) mass is 450 g/mol. The van der Waals surface area contributed by atoms with Crippen LogP contribution in [-0.4, -0.2) is 68.9 Å². The lowest BCUT2D eigenvalue weighted by atomic mass is 10.1. The van der Waals surface area contributed by atoms with E-state index in [0.29, 0.717) is 0 Å². The number of fused-ring (bicyclic) bond motifs is 1. The molecule has 2 fully saturated rings. The number of benzene rings is 2. The molecule has 0 amide bonds. The molecule has 0 radical (unpaired) electrons. The summed E-state index contributed by atoms with van der Waals surface area (Å²) < 4.78 is 19.2. The van der Waals surface area contributed by atoms with Crippen LogP contribution in [0.1, 0.15) is 24.0 Å². The first kappa shape index (κ1) is 22.2. The molecule has 5 nitrogen and oxygen atoms in total. The van der Waals surface area contributed by atoms with Crippen molar-refractivity contribution in [3.05, 3.63) is 59.5 Å². The van der Waals surface area contributed by atoms with Gasteiger partial charge in [-0.05, 0) is 80.7 Å². The van der Waals surface area contributed by atoms with Gasteiger partial charge in [-0.3, -0.25) is 0 Å². The molecule has 6 heteroatoms. The standard InChI is InChI=1S/C27H35FN4O/c1-21-26(6-2-7-27(21)32-15-17-33-18-16-32)31-12-4-11-30(13-14-31)10-3-5-22-20-29-25-9-8-23(28)19-24(22)25/h2,6-9,19-20,29H,3-5,10-18H2,1H3. The summed E-state index contributed by atoms with van der Waals surface area (Å²) in [7, 11) is 0. The highest BCUT2D eigenvalue weighted by atomic mass is 19.1. The highest BCUT2D eigenvalue weighted by Crippen LogP contribution is 2.30. The van der Waals surface area contributed by atoms with Gasteiger partial charge in [-0.1, -0.05) is 6.07 Å². The Balaban J connectivity index is 1.17. The van der Waals surface area contributed by atoms with Crippen LogP contribution in [0.4, 0.5) is 15.8 Å². The first-order chi connectivity index (χ1) is 16.2. The van der Waals surface area contributed by atoms with Crippen LogP contribution in [0.2, 0.25) is 0 Å². The van der Waals surface area contributed by atoms with Crippen LogP contribution in [0.3, 0.4) is 0 Å². The predicted octanol–water partition coefficient (Wildman–Crippen LogP) is 4.60. The first-order valence-electron chi connectivity index (χ1n) is 12.3. The number of morpholine rings is 1. The molecule has 33 heavy (non-hydrogen) atoms. The van der Waals surface area contributed by atoms with E-state index in [4.69, 9.17) is 4.74 Å². The number of hydrogen-bond donors (Lipinski definition) is 1.